The van der Waals surface area contributed by atoms with E-state index < -0.39 is 5.60 Å². The Hall–Kier alpha value is -0.610. The van der Waals surface area contributed by atoms with Gasteiger partial charge in [0.1, 0.15) is 0 Å². The van der Waals surface area contributed by atoms with Gasteiger partial charge in [0.05, 0.1) is 24.6 Å². The minimum Gasteiger partial charge on any atom is -0.386 e. The molecular formula is C12H20N2O2. The molecule has 0 radical (unpaired) electrons. The minimum atomic E-state index is -0.669. The van der Waals surface area contributed by atoms with Crippen LogP contribution in [0.2, 0.25) is 0 Å². The Labute approximate surface area is 95.8 Å². The highest BCUT2D eigenvalue weighted by atomic mass is 16.3. The first kappa shape index (κ1) is 10.5. The molecule has 1 amide bonds. The summed E-state index contributed by atoms with van der Waals surface area (Å²) in [5, 5.41) is 9.65. The zero-order valence-corrected chi connectivity index (χ0v) is 9.72. The zero-order valence-electron chi connectivity index (χ0n) is 9.72. The molecule has 3 fully saturated rings. The summed E-state index contributed by atoms with van der Waals surface area (Å²) in [4.78, 5) is 14.0. The molecule has 4 unspecified atom stereocenters. The van der Waals surface area contributed by atoms with Crippen LogP contribution in [0.5, 0.6) is 0 Å². The molecule has 2 saturated carbocycles. The lowest BCUT2D eigenvalue weighted by molar-refractivity contribution is -0.158. The summed E-state index contributed by atoms with van der Waals surface area (Å²) in [6.45, 7) is 2.73. The summed E-state index contributed by atoms with van der Waals surface area (Å²) >= 11 is 0. The number of hydrogen-bond donors (Lipinski definition) is 2. The zero-order chi connectivity index (χ0) is 11.5. The van der Waals surface area contributed by atoms with Gasteiger partial charge in [-0.2, -0.15) is 0 Å². The van der Waals surface area contributed by atoms with E-state index in [1.807, 2.05) is 0 Å². The molecule has 16 heavy (non-hydrogen) atoms. The summed E-state index contributed by atoms with van der Waals surface area (Å²) in [6.07, 6.45) is 3.51. The number of β-amino-alcohol motifs (C(OH)–C–C–N with tert-alkyl or cyclic N) is 1. The first-order valence-electron chi connectivity index (χ1n) is 6.25. The second-order valence-corrected chi connectivity index (χ2v) is 6.13. The van der Waals surface area contributed by atoms with E-state index in [2.05, 4.69) is 0 Å². The van der Waals surface area contributed by atoms with Gasteiger partial charge in [0.2, 0.25) is 5.91 Å². The van der Waals surface area contributed by atoms with Crippen molar-refractivity contribution >= 4 is 5.91 Å². The topological polar surface area (TPSA) is 66.6 Å². The summed E-state index contributed by atoms with van der Waals surface area (Å²) in [7, 11) is 0. The van der Waals surface area contributed by atoms with Gasteiger partial charge in [0, 0.05) is 6.04 Å². The predicted molar refractivity (Wildman–Crippen MR) is 59.5 cm³/mol. The van der Waals surface area contributed by atoms with E-state index in [9.17, 15) is 9.90 Å². The number of carbonyl (C=O) groups is 1. The van der Waals surface area contributed by atoms with Crippen LogP contribution >= 0.6 is 0 Å². The molecule has 2 aliphatic carbocycles. The molecule has 2 bridgehead atoms. The van der Waals surface area contributed by atoms with Gasteiger partial charge in [0.25, 0.3) is 0 Å². The molecule has 4 atom stereocenters. The molecule has 0 aromatic rings. The maximum atomic E-state index is 12.3. The van der Waals surface area contributed by atoms with Gasteiger partial charge in [-0.25, -0.2) is 0 Å². The number of likely N-dealkylation sites (tertiary alicyclic amines) is 1. The fraction of sp³-hybridized carbons (Fsp3) is 0.917. The first-order chi connectivity index (χ1) is 7.48. The van der Waals surface area contributed by atoms with Crippen molar-refractivity contribution in [1.29, 1.82) is 0 Å². The molecule has 4 heteroatoms. The molecular weight excluding hydrogens is 204 g/mol. The highest BCUT2D eigenvalue weighted by molar-refractivity contribution is 5.81. The van der Waals surface area contributed by atoms with Gasteiger partial charge in [-0.15, -0.1) is 0 Å². The second kappa shape index (κ2) is 3.20. The molecule has 3 aliphatic rings. The van der Waals surface area contributed by atoms with Gasteiger partial charge < -0.3 is 15.7 Å². The van der Waals surface area contributed by atoms with E-state index in [1.165, 1.54) is 12.8 Å². The largest absolute Gasteiger partial charge is 0.386 e. The van der Waals surface area contributed by atoms with E-state index in [1.54, 1.807) is 11.8 Å². The van der Waals surface area contributed by atoms with Gasteiger partial charge in [-0.3, -0.25) is 4.79 Å². The van der Waals surface area contributed by atoms with Crippen molar-refractivity contribution in [2.24, 2.45) is 23.5 Å². The summed E-state index contributed by atoms with van der Waals surface area (Å²) in [5.41, 5.74) is 5.47. The van der Waals surface area contributed by atoms with Crippen molar-refractivity contribution in [3.63, 3.8) is 0 Å². The Morgan fingerprint density at radius 1 is 1.38 bits per heavy atom. The third-order valence-corrected chi connectivity index (χ3v) is 4.64. The Morgan fingerprint density at radius 3 is 2.50 bits per heavy atom. The highest BCUT2D eigenvalue weighted by Crippen LogP contribution is 2.48. The van der Waals surface area contributed by atoms with E-state index in [4.69, 9.17) is 5.73 Å². The summed E-state index contributed by atoms with van der Waals surface area (Å²) in [6, 6.07) is 0.0665. The van der Waals surface area contributed by atoms with Crippen LogP contribution in [-0.2, 0) is 4.79 Å². The Kier molecular flexibility index (Phi) is 2.11. The van der Waals surface area contributed by atoms with Crippen LogP contribution in [-0.4, -0.2) is 40.6 Å². The average molecular weight is 224 g/mol. The summed E-state index contributed by atoms with van der Waals surface area (Å²) < 4.78 is 0. The van der Waals surface area contributed by atoms with Crippen LogP contribution in [0.3, 0.4) is 0 Å². The molecule has 1 aliphatic heterocycles. The fourth-order valence-electron chi connectivity index (χ4n) is 3.84. The number of aliphatic hydroxyl groups is 1. The Balaban J connectivity index is 1.68. The third kappa shape index (κ3) is 1.39. The fourth-order valence-corrected chi connectivity index (χ4v) is 3.84. The average Bonchev–Trinajstić information content (AvgIpc) is 2.73. The molecule has 3 N–H and O–H groups in total. The van der Waals surface area contributed by atoms with Crippen LogP contribution in [0.25, 0.3) is 0 Å². The number of nitrogens with two attached hydrogens (primary N) is 1. The van der Waals surface area contributed by atoms with E-state index in [-0.39, 0.29) is 17.9 Å². The highest BCUT2D eigenvalue weighted by Gasteiger charge is 2.52. The maximum Gasteiger partial charge on any atom is 0.227 e. The second-order valence-electron chi connectivity index (χ2n) is 6.13. The predicted octanol–water partition coefficient (Wildman–Crippen LogP) is -0.0470. The quantitative estimate of drug-likeness (QED) is 0.656. The van der Waals surface area contributed by atoms with Crippen LogP contribution in [0.15, 0.2) is 0 Å². The Morgan fingerprint density at radius 2 is 2.00 bits per heavy atom. The van der Waals surface area contributed by atoms with Crippen LogP contribution in [0, 0.1) is 17.8 Å². The van der Waals surface area contributed by atoms with Crippen LogP contribution in [0.1, 0.15) is 26.2 Å². The van der Waals surface area contributed by atoms with Crippen molar-refractivity contribution in [2.75, 3.05) is 13.1 Å². The van der Waals surface area contributed by atoms with Gasteiger partial charge >= 0.3 is 0 Å². The minimum absolute atomic E-state index is 0.0369. The van der Waals surface area contributed by atoms with Crippen LogP contribution in [0.4, 0.5) is 0 Å². The smallest absolute Gasteiger partial charge is 0.227 e. The van der Waals surface area contributed by atoms with Crippen LogP contribution < -0.4 is 5.73 Å². The molecule has 4 nitrogen and oxygen atoms in total. The number of fused-ring (bicyclic) bond motifs is 2. The summed E-state index contributed by atoms with van der Waals surface area (Å²) in [5.74, 6) is 1.31. The third-order valence-electron chi connectivity index (χ3n) is 4.64. The van der Waals surface area contributed by atoms with Gasteiger partial charge in [-0.05, 0) is 38.0 Å². The number of hydrogen-bond acceptors (Lipinski definition) is 3. The molecule has 1 saturated heterocycles. The number of rotatable bonds is 1. The number of amides is 1. The number of nitrogens with zero attached hydrogens (tertiary/aromatic N) is 1. The standard InChI is InChI=1S/C12H20N2O2/c1-12(16)5-14(6-12)11(15)9-7-2-3-8(4-7)10(9)13/h7-10,16H,2-6,13H2,1H3. The molecule has 0 aromatic carbocycles. The normalized spacial score (nSPS) is 44.6. The van der Waals surface area contributed by atoms with Gasteiger partial charge in [-0.1, -0.05) is 0 Å². The lowest BCUT2D eigenvalue weighted by Gasteiger charge is -2.46. The molecule has 3 rings (SSSR count). The van der Waals surface area contributed by atoms with Crippen molar-refractivity contribution < 1.29 is 9.90 Å². The SMILES string of the molecule is CC1(O)CN(C(=O)C2C3CCC(C3)C2N)C1. The van der Waals surface area contributed by atoms with Gasteiger partial charge in [0.15, 0.2) is 0 Å². The van der Waals surface area contributed by atoms with E-state index >= 15 is 0 Å². The maximum absolute atomic E-state index is 12.3. The van der Waals surface area contributed by atoms with Crippen molar-refractivity contribution in [2.45, 2.75) is 37.8 Å². The van der Waals surface area contributed by atoms with Crippen molar-refractivity contribution in [3.05, 3.63) is 0 Å². The van der Waals surface area contributed by atoms with Crippen molar-refractivity contribution in [1.82, 2.24) is 4.90 Å². The number of carbonyl (C=O) groups excluding carboxylic acids is 1. The molecule has 90 valence electrons. The van der Waals surface area contributed by atoms with E-state index in [0.29, 0.717) is 24.9 Å². The first-order valence-corrected chi connectivity index (χ1v) is 6.25. The molecule has 0 spiro atoms. The lowest BCUT2D eigenvalue weighted by atomic mass is 9.82. The lowest BCUT2D eigenvalue weighted by Crippen LogP contribution is -2.64. The van der Waals surface area contributed by atoms with Crippen molar-refractivity contribution in [3.8, 4) is 0 Å². The molecule has 1 heterocycles. The van der Waals surface area contributed by atoms with E-state index in [0.717, 1.165) is 6.42 Å². The monoisotopic (exact) mass is 224 g/mol. The molecule has 0 aromatic heterocycles. The Bertz CT molecular complexity index is 319.